The van der Waals surface area contributed by atoms with Gasteiger partial charge in [-0.25, -0.2) is 0 Å². The van der Waals surface area contributed by atoms with Crippen molar-refractivity contribution in [3.63, 3.8) is 0 Å². The fourth-order valence-corrected chi connectivity index (χ4v) is 2.78. The van der Waals surface area contributed by atoms with Gasteiger partial charge in [-0.2, -0.15) is 0 Å². The molecule has 1 aliphatic rings. The number of amides is 2. The average Bonchev–Trinajstić information content (AvgIpc) is 2.55. The minimum absolute atomic E-state index is 0.0492. The summed E-state index contributed by atoms with van der Waals surface area (Å²) in [6.07, 6.45) is 3.05. The van der Waals surface area contributed by atoms with Crippen molar-refractivity contribution in [1.29, 1.82) is 0 Å². The molecule has 2 N–H and O–H groups in total. The second kappa shape index (κ2) is 7.94. The molecule has 1 aliphatic heterocycles. The lowest BCUT2D eigenvalue weighted by Crippen LogP contribution is -2.43. The normalized spacial score (nSPS) is 18.1. The van der Waals surface area contributed by atoms with E-state index in [-0.39, 0.29) is 24.3 Å². The van der Waals surface area contributed by atoms with Gasteiger partial charge in [0.1, 0.15) is 0 Å². The molecule has 120 valence electrons. The van der Waals surface area contributed by atoms with E-state index in [1.165, 1.54) is 0 Å². The first-order valence-corrected chi connectivity index (χ1v) is 7.92. The van der Waals surface area contributed by atoms with Crippen LogP contribution in [0.3, 0.4) is 0 Å². The average molecular weight is 304 g/mol. The highest BCUT2D eigenvalue weighted by Crippen LogP contribution is 2.20. The van der Waals surface area contributed by atoms with Gasteiger partial charge in [-0.3, -0.25) is 9.59 Å². The van der Waals surface area contributed by atoms with E-state index in [1.54, 1.807) is 29.2 Å². The summed E-state index contributed by atoms with van der Waals surface area (Å²) in [5, 5.41) is 12.0. The fourth-order valence-electron chi connectivity index (χ4n) is 2.78. The van der Waals surface area contributed by atoms with Crippen molar-refractivity contribution in [1.82, 2.24) is 4.90 Å². The van der Waals surface area contributed by atoms with Gasteiger partial charge in [-0.05, 0) is 37.0 Å². The van der Waals surface area contributed by atoms with Gasteiger partial charge in [-0.15, -0.1) is 0 Å². The molecule has 1 atom stereocenters. The number of aliphatic hydroxyl groups is 1. The van der Waals surface area contributed by atoms with E-state index in [1.807, 2.05) is 6.92 Å². The Labute approximate surface area is 131 Å². The van der Waals surface area contributed by atoms with Crippen molar-refractivity contribution in [3.05, 3.63) is 29.8 Å². The van der Waals surface area contributed by atoms with Crippen molar-refractivity contribution in [2.75, 3.05) is 18.4 Å². The molecule has 22 heavy (non-hydrogen) atoms. The molecule has 1 heterocycles. The summed E-state index contributed by atoms with van der Waals surface area (Å²) in [5.74, 6) is -0.0706. The smallest absolute Gasteiger partial charge is 0.229 e. The van der Waals surface area contributed by atoms with Crippen LogP contribution in [0.4, 0.5) is 5.69 Å². The zero-order valence-electron chi connectivity index (χ0n) is 13.0. The predicted molar refractivity (Wildman–Crippen MR) is 85.2 cm³/mol. The lowest BCUT2D eigenvalue weighted by atomic mass is 9.96. The minimum atomic E-state index is -0.160. The molecule has 5 heteroatoms. The van der Waals surface area contributed by atoms with Crippen LogP contribution >= 0.6 is 0 Å². The highest BCUT2D eigenvalue weighted by molar-refractivity contribution is 5.93. The Morgan fingerprint density at radius 3 is 2.95 bits per heavy atom. The third-order valence-electron chi connectivity index (χ3n) is 3.99. The third-order valence-corrected chi connectivity index (χ3v) is 3.99. The third kappa shape index (κ3) is 4.31. The number of carbonyl (C=O) groups is 2. The van der Waals surface area contributed by atoms with Crippen LogP contribution in [0.25, 0.3) is 0 Å². The largest absolute Gasteiger partial charge is 0.392 e. The van der Waals surface area contributed by atoms with Crippen LogP contribution in [-0.4, -0.2) is 34.9 Å². The van der Waals surface area contributed by atoms with Gasteiger partial charge < -0.3 is 15.3 Å². The molecule has 1 aromatic rings. The molecule has 0 aliphatic carbocycles. The molecule has 1 fully saturated rings. The summed E-state index contributed by atoms with van der Waals surface area (Å²) in [6.45, 7) is 3.19. The standard InChI is InChI=1S/C17H24N2O3/c1-2-5-16(21)19-9-4-7-14(11-19)17(22)18-15-8-3-6-13(10-15)12-20/h3,6,8,10,14,20H,2,4-5,7,9,11-12H2,1H3,(H,18,22). The highest BCUT2D eigenvalue weighted by Gasteiger charge is 2.28. The van der Waals surface area contributed by atoms with Gasteiger partial charge in [0, 0.05) is 25.2 Å². The Kier molecular flexibility index (Phi) is 5.95. The first kappa shape index (κ1) is 16.5. The summed E-state index contributed by atoms with van der Waals surface area (Å²) in [5.41, 5.74) is 1.45. The van der Waals surface area contributed by atoms with Gasteiger partial charge >= 0.3 is 0 Å². The first-order chi connectivity index (χ1) is 10.6. The molecule has 0 spiro atoms. The van der Waals surface area contributed by atoms with Crippen molar-refractivity contribution >= 4 is 17.5 Å². The Morgan fingerprint density at radius 2 is 2.23 bits per heavy atom. The molecule has 5 nitrogen and oxygen atoms in total. The molecule has 1 saturated heterocycles. The number of nitrogens with zero attached hydrogens (tertiary/aromatic N) is 1. The second-order valence-corrected chi connectivity index (χ2v) is 5.78. The van der Waals surface area contributed by atoms with E-state index in [0.29, 0.717) is 18.7 Å². The van der Waals surface area contributed by atoms with Crippen LogP contribution in [0.15, 0.2) is 24.3 Å². The Bertz CT molecular complexity index is 530. The summed E-state index contributed by atoms with van der Waals surface area (Å²) >= 11 is 0. The molecule has 2 rings (SSSR count). The maximum atomic E-state index is 12.4. The van der Waals surface area contributed by atoms with Crippen molar-refractivity contribution < 1.29 is 14.7 Å². The van der Waals surface area contributed by atoms with Gasteiger partial charge in [0.25, 0.3) is 0 Å². The Balaban J connectivity index is 1.95. The lowest BCUT2D eigenvalue weighted by Gasteiger charge is -2.32. The van der Waals surface area contributed by atoms with Crippen LogP contribution in [0, 0.1) is 5.92 Å². The molecule has 1 unspecified atom stereocenters. The lowest BCUT2D eigenvalue weighted by molar-refractivity contribution is -0.134. The predicted octanol–water partition coefficient (Wildman–Crippen LogP) is 2.16. The van der Waals surface area contributed by atoms with Crippen LogP contribution in [0.2, 0.25) is 0 Å². The Hall–Kier alpha value is -1.88. The zero-order chi connectivity index (χ0) is 15.9. The van der Waals surface area contributed by atoms with Gasteiger partial charge in [0.15, 0.2) is 0 Å². The molecular weight excluding hydrogens is 280 g/mol. The number of hydrogen-bond acceptors (Lipinski definition) is 3. The second-order valence-electron chi connectivity index (χ2n) is 5.78. The molecular formula is C17H24N2O3. The SMILES string of the molecule is CCCC(=O)N1CCCC(C(=O)Nc2cccc(CO)c2)C1. The maximum Gasteiger partial charge on any atom is 0.229 e. The first-order valence-electron chi connectivity index (χ1n) is 7.92. The van der Waals surface area contributed by atoms with E-state index in [0.717, 1.165) is 31.4 Å². The minimum Gasteiger partial charge on any atom is -0.392 e. The number of piperidine rings is 1. The Morgan fingerprint density at radius 1 is 1.41 bits per heavy atom. The van der Waals surface area contributed by atoms with Gasteiger partial charge in [0.05, 0.1) is 12.5 Å². The summed E-state index contributed by atoms with van der Waals surface area (Å²) in [6, 6.07) is 7.18. The number of hydrogen-bond donors (Lipinski definition) is 2. The van der Waals surface area contributed by atoms with Crippen LogP contribution < -0.4 is 5.32 Å². The number of aliphatic hydroxyl groups excluding tert-OH is 1. The van der Waals surface area contributed by atoms with E-state index < -0.39 is 0 Å². The summed E-state index contributed by atoms with van der Waals surface area (Å²) < 4.78 is 0. The van der Waals surface area contributed by atoms with Crippen LogP contribution in [0.5, 0.6) is 0 Å². The van der Waals surface area contributed by atoms with E-state index in [4.69, 9.17) is 5.11 Å². The number of likely N-dealkylation sites (tertiary alicyclic amines) is 1. The highest BCUT2D eigenvalue weighted by atomic mass is 16.3. The zero-order valence-corrected chi connectivity index (χ0v) is 13.0. The van der Waals surface area contributed by atoms with Crippen molar-refractivity contribution in [2.45, 2.75) is 39.2 Å². The summed E-state index contributed by atoms with van der Waals surface area (Å²) in [7, 11) is 0. The maximum absolute atomic E-state index is 12.4. The quantitative estimate of drug-likeness (QED) is 0.876. The van der Waals surface area contributed by atoms with Crippen LogP contribution in [-0.2, 0) is 16.2 Å². The molecule has 0 bridgehead atoms. The van der Waals surface area contributed by atoms with Gasteiger partial charge in [-0.1, -0.05) is 19.1 Å². The fraction of sp³-hybridized carbons (Fsp3) is 0.529. The number of nitrogens with one attached hydrogen (secondary N) is 1. The molecule has 0 saturated carbocycles. The molecule has 2 amide bonds. The number of carbonyl (C=O) groups excluding carboxylic acids is 2. The van der Waals surface area contributed by atoms with E-state index >= 15 is 0 Å². The van der Waals surface area contributed by atoms with Gasteiger partial charge in [0.2, 0.25) is 11.8 Å². The topological polar surface area (TPSA) is 69.6 Å². The van der Waals surface area contributed by atoms with Crippen molar-refractivity contribution in [3.8, 4) is 0 Å². The van der Waals surface area contributed by atoms with Crippen molar-refractivity contribution in [2.24, 2.45) is 5.92 Å². The molecule has 0 aromatic heterocycles. The molecule has 0 radical (unpaired) electrons. The number of benzene rings is 1. The number of anilines is 1. The molecule has 1 aromatic carbocycles. The van der Waals surface area contributed by atoms with E-state index in [9.17, 15) is 9.59 Å². The number of rotatable bonds is 5. The van der Waals surface area contributed by atoms with Crippen LogP contribution in [0.1, 0.15) is 38.2 Å². The summed E-state index contributed by atoms with van der Waals surface area (Å²) in [4.78, 5) is 26.2. The monoisotopic (exact) mass is 304 g/mol. The van der Waals surface area contributed by atoms with E-state index in [2.05, 4.69) is 5.32 Å².